The van der Waals surface area contributed by atoms with Crippen LogP contribution >= 0.6 is 11.6 Å². The molecule has 1 aliphatic rings. The van der Waals surface area contributed by atoms with Crippen LogP contribution in [0.25, 0.3) is 0 Å². The summed E-state index contributed by atoms with van der Waals surface area (Å²) in [6, 6.07) is 8.07. The maximum atomic E-state index is 9.63. The number of aliphatic hydroxyl groups excluding tert-OH is 1. The van der Waals surface area contributed by atoms with E-state index in [2.05, 4.69) is 5.32 Å². The average molecular weight is 226 g/mol. The van der Waals surface area contributed by atoms with Crippen LogP contribution in [0.1, 0.15) is 24.8 Å². The Kier molecular flexibility index (Phi) is 3.62. The van der Waals surface area contributed by atoms with Crippen molar-refractivity contribution in [2.24, 2.45) is 0 Å². The summed E-state index contributed by atoms with van der Waals surface area (Å²) in [5, 5.41) is 13.8. The molecule has 0 radical (unpaired) electrons. The van der Waals surface area contributed by atoms with Gasteiger partial charge in [0, 0.05) is 17.6 Å². The molecule has 1 aromatic carbocycles. The average Bonchev–Trinajstić information content (AvgIpc) is 2.63. The minimum absolute atomic E-state index is 0.169. The van der Waals surface area contributed by atoms with Gasteiger partial charge < -0.3 is 10.4 Å². The molecule has 0 amide bonds. The molecule has 1 aliphatic carbocycles. The van der Waals surface area contributed by atoms with Gasteiger partial charge in [-0.15, -0.1) is 0 Å². The molecule has 2 unspecified atom stereocenters. The van der Waals surface area contributed by atoms with Gasteiger partial charge in [0.15, 0.2) is 0 Å². The van der Waals surface area contributed by atoms with Crippen LogP contribution in [-0.4, -0.2) is 17.3 Å². The first-order valence-electron chi connectivity index (χ1n) is 5.41. The van der Waals surface area contributed by atoms with Gasteiger partial charge in [0.05, 0.1) is 6.10 Å². The molecule has 2 atom stereocenters. The molecule has 0 bridgehead atoms. The Morgan fingerprint density at radius 3 is 2.60 bits per heavy atom. The van der Waals surface area contributed by atoms with Crippen molar-refractivity contribution in [2.75, 3.05) is 0 Å². The summed E-state index contributed by atoms with van der Waals surface area (Å²) < 4.78 is 0. The standard InChI is InChI=1S/C12H16ClNO/c13-10-6-4-9(5-7-10)8-14-11-2-1-3-12(11)15/h4-7,11-12,14-15H,1-3,8H2. The molecule has 15 heavy (non-hydrogen) atoms. The van der Waals surface area contributed by atoms with Crippen LogP contribution in [0.5, 0.6) is 0 Å². The van der Waals surface area contributed by atoms with Crippen LogP contribution in [0.4, 0.5) is 0 Å². The Morgan fingerprint density at radius 1 is 1.27 bits per heavy atom. The van der Waals surface area contributed by atoms with Gasteiger partial charge in [0.1, 0.15) is 0 Å². The number of hydrogen-bond acceptors (Lipinski definition) is 2. The summed E-state index contributed by atoms with van der Waals surface area (Å²) in [4.78, 5) is 0. The first-order chi connectivity index (χ1) is 7.25. The fraction of sp³-hybridized carbons (Fsp3) is 0.500. The van der Waals surface area contributed by atoms with Gasteiger partial charge in [0.25, 0.3) is 0 Å². The third-order valence-corrected chi connectivity index (χ3v) is 3.21. The molecular formula is C12H16ClNO. The van der Waals surface area contributed by atoms with E-state index >= 15 is 0 Å². The summed E-state index contributed by atoms with van der Waals surface area (Å²) in [6.07, 6.45) is 2.96. The SMILES string of the molecule is OC1CCCC1NCc1ccc(Cl)cc1. The molecule has 2 rings (SSSR count). The van der Waals surface area contributed by atoms with Crippen molar-refractivity contribution >= 4 is 11.6 Å². The number of hydrogen-bond donors (Lipinski definition) is 2. The summed E-state index contributed by atoms with van der Waals surface area (Å²) in [5.41, 5.74) is 1.21. The topological polar surface area (TPSA) is 32.3 Å². The number of aliphatic hydroxyl groups is 1. The molecule has 2 nitrogen and oxygen atoms in total. The molecule has 0 aromatic heterocycles. The molecule has 0 aliphatic heterocycles. The smallest absolute Gasteiger partial charge is 0.0693 e. The molecule has 1 saturated carbocycles. The summed E-state index contributed by atoms with van der Waals surface area (Å²) in [7, 11) is 0. The lowest BCUT2D eigenvalue weighted by Crippen LogP contribution is -2.34. The Morgan fingerprint density at radius 2 is 2.00 bits per heavy atom. The molecule has 0 saturated heterocycles. The fourth-order valence-corrected chi connectivity index (χ4v) is 2.16. The normalized spacial score (nSPS) is 25.7. The van der Waals surface area contributed by atoms with E-state index in [0.29, 0.717) is 0 Å². The van der Waals surface area contributed by atoms with Gasteiger partial charge in [-0.3, -0.25) is 0 Å². The highest BCUT2D eigenvalue weighted by Gasteiger charge is 2.24. The number of benzene rings is 1. The highest BCUT2D eigenvalue weighted by molar-refractivity contribution is 6.30. The first-order valence-corrected chi connectivity index (χ1v) is 5.79. The fourth-order valence-electron chi connectivity index (χ4n) is 2.03. The van der Waals surface area contributed by atoms with Gasteiger partial charge in [-0.05, 0) is 37.0 Å². The minimum Gasteiger partial charge on any atom is -0.392 e. The lowest BCUT2D eigenvalue weighted by Gasteiger charge is -2.16. The van der Waals surface area contributed by atoms with E-state index < -0.39 is 0 Å². The Balaban J connectivity index is 1.85. The Hall–Kier alpha value is -0.570. The summed E-state index contributed by atoms with van der Waals surface area (Å²) >= 11 is 5.80. The first kappa shape index (κ1) is 10.9. The zero-order valence-electron chi connectivity index (χ0n) is 8.62. The monoisotopic (exact) mass is 225 g/mol. The van der Waals surface area contributed by atoms with Gasteiger partial charge in [-0.25, -0.2) is 0 Å². The van der Waals surface area contributed by atoms with Gasteiger partial charge in [-0.1, -0.05) is 23.7 Å². The molecule has 3 heteroatoms. The molecule has 82 valence electrons. The minimum atomic E-state index is -0.169. The molecule has 1 fully saturated rings. The predicted octanol–water partition coefficient (Wildman–Crippen LogP) is 2.34. The zero-order chi connectivity index (χ0) is 10.7. The second-order valence-corrected chi connectivity index (χ2v) is 4.55. The van der Waals surface area contributed by atoms with E-state index in [0.717, 1.165) is 30.8 Å². The summed E-state index contributed by atoms with van der Waals surface area (Å²) in [6.45, 7) is 0.804. The van der Waals surface area contributed by atoms with Gasteiger partial charge in [0.2, 0.25) is 0 Å². The van der Waals surface area contributed by atoms with E-state index in [1.165, 1.54) is 5.56 Å². The maximum Gasteiger partial charge on any atom is 0.0693 e. The maximum absolute atomic E-state index is 9.63. The van der Waals surface area contributed by atoms with E-state index in [1.54, 1.807) is 0 Å². The quantitative estimate of drug-likeness (QED) is 0.828. The zero-order valence-corrected chi connectivity index (χ0v) is 9.37. The second kappa shape index (κ2) is 4.97. The molecular weight excluding hydrogens is 210 g/mol. The van der Waals surface area contributed by atoms with Gasteiger partial charge in [-0.2, -0.15) is 0 Å². The van der Waals surface area contributed by atoms with Crippen LogP contribution < -0.4 is 5.32 Å². The van der Waals surface area contributed by atoms with Crippen molar-refractivity contribution in [1.29, 1.82) is 0 Å². The lowest BCUT2D eigenvalue weighted by molar-refractivity contribution is 0.148. The van der Waals surface area contributed by atoms with E-state index in [1.807, 2.05) is 24.3 Å². The van der Waals surface area contributed by atoms with Crippen LogP contribution in [0.2, 0.25) is 5.02 Å². The highest BCUT2D eigenvalue weighted by atomic mass is 35.5. The van der Waals surface area contributed by atoms with Gasteiger partial charge >= 0.3 is 0 Å². The molecule has 0 heterocycles. The molecule has 2 N–H and O–H groups in total. The van der Waals surface area contributed by atoms with Crippen LogP contribution in [0.3, 0.4) is 0 Å². The van der Waals surface area contributed by atoms with E-state index in [-0.39, 0.29) is 12.1 Å². The van der Waals surface area contributed by atoms with Crippen LogP contribution in [-0.2, 0) is 6.54 Å². The van der Waals surface area contributed by atoms with E-state index in [9.17, 15) is 5.11 Å². The Bertz CT molecular complexity index is 312. The van der Waals surface area contributed by atoms with E-state index in [4.69, 9.17) is 11.6 Å². The third kappa shape index (κ3) is 2.94. The van der Waals surface area contributed by atoms with Crippen molar-refractivity contribution in [3.63, 3.8) is 0 Å². The number of halogens is 1. The largest absolute Gasteiger partial charge is 0.392 e. The van der Waals surface area contributed by atoms with Crippen molar-refractivity contribution < 1.29 is 5.11 Å². The third-order valence-electron chi connectivity index (χ3n) is 2.96. The number of nitrogens with one attached hydrogen (secondary N) is 1. The molecule has 1 aromatic rings. The summed E-state index contributed by atoms with van der Waals surface area (Å²) in [5.74, 6) is 0. The molecule has 0 spiro atoms. The van der Waals surface area contributed by atoms with Crippen molar-refractivity contribution in [1.82, 2.24) is 5.32 Å². The number of rotatable bonds is 3. The highest BCUT2D eigenvalue weighted by Crippen LogP contribution is 2.19. The lowest BCUT2D eigenvalue weighted by atomic mass is 10.2. The second-order valence-electron chi connectivity index (χ2n) is 4.11. The van der Waals surface area contributed by atoms with Crippen molar-refractivity contribution in [3.8, 4) is 0 Å². The van der Waals surface area contributed by atoms with Crippen molar-refractivity contribution in [3.05, 3.63) is 34.9 Å². The van der Waals surface area contributed by atoms with Crippen LogP contribution in [0, 0.1) is 0 Å². The Labute approximate surface area is 95.3 Å². The van der Waals surface area contributed by atoms with Crippen LogP contribution in [0.15, 0.2) is 24.3 Å². The van der Waals surface area contributed by atoms with Crippen molar-refractivity contribution in [2.45, 2.75) is 38.0 Å². The predicted molar refractivity (Wildman–Crippen MR) is 61.9 cm³/mol.